The van der Waals surface area contributed by atoms with Crippen LogP contribution in [0.5, 0.6) is 0 Å². The molecule has 2 aromatic heterocycles. The molecule has 1 aliphatic carbocycles. The number of aryl methyl sites for hydroxylation is 1. The van der Waals surface area contributed by atoms with Gasteiger partial charge in [-0.05, 0) is 31.2 Å². The molecule has 3 rings (SSSR count). The molecule has 5 heteroatoms. The molecule has 124 valence electrons. The molecule has 1 amide bonds. The number of thiazole rings is 1. The fourth-order valence-electron chi connectivity index (χ4n) is 3.25. The van der Waals surface area contributed by atoms with E-state index in [1.807, 2.05) is 30.3 Å². The highest BCUT2D eigenvalue weighted by Gasteiger charge is 2.25. The number of carbonyl (C=O) groups excluding carboxylic acids is 1. The average Bonchev–Trinajstić information content (AvgIpc) is 3.14. The van der Waals surface area contributed by atoms with E-state index in [2.05, 4.69) is 11.1 Å². The number of nitrogens with zero attached hydrogens (tertiary/aromatic N) is 2. The van der Waals surface area contributed by atoms with Crippen molar-refractivity contribution in [2.75, 3.05) is 7.05 Å². The van der Waals surface area contributed by atoms with Crippen molar-refractivity contribution in [3.05, 3.63) is 28.1 Å². The van der Waals surface area contributed by atoms with E-state index in [9.17, 15) is 4.79 Å². The molecule has 2 heterocycles. The van der Waals surface area contributed by atoms with Crippen molar-refractivity contribution in [3.63, 3.8) is 0 Å². The Morgan fingerprint density at radius 3 is 2.57 bits per heavy atom. The molecular weight excluding hydrogens is 324 g/mol. The second-order valence-electron chi connectivity index (χ2n) is 6.33. The van der Waals surface area contributed by atoms with Gasteiger partial charge >= 0.3 is 0 Å². The molecule has 23 heavy (non-hydrogen) atoms. The first-order valence-electron chi connectivity index (χ1n) is 8.45. The van der Waals surface area contributed by atoms with E-state index in [4.69, 9.17) is 0 Å². The highest BCUT2D eigenvalue weighted by molar-refractivity contribution is 7.22. The van der Waals surface area contributed by atoms with E-state index >= 15 is 0 Å². The Labute approximate surface area is 146 Å². The van der Waals surface area contributed by atoms with Gasteiger partial charge in [0.25, 0.3) is 5.91 Å². The van der Waals surface area contributed by atoms with Gasteiger partial charge in [-0.2, -0.15) is 0 Å². The van der Waals surface area contributed by atoms with Crippen molar-refractivity contribution in [2.45, 2.75) is 57.9 Å². The molecule has 0 unspecified atom stereocenters. The number of amides is 1. The number of thiophene rings is 1. The Bertz CT molecular complexity index is 640. The lowest BCUT2D eigenvalue weighted by molar-refractivity contribution is 0.0711. The van der Waals surface area contributed by atoms with Gasteiger partial charge in [0, 0.05) is 13.1 Å². The molecule has 0 aliphatic heterocycles. The van der Waals surface area contributed by atoms with Gasteiger partial charge in [0.15, 0.2) is 0 Å². The molecule has 0 bridgehead atoms. The fraction of sp³-hybridized carbons (Fsp3) is 0.556. The molecule has 2 aromatic rings. The van der Waals surface area contributed by atoms with Crippen LogP contribution < -0.4 is 0 Å². The van der Waals surface area contributed by atoms with Crippen LogP contribution in [-0.2, 0) is 0 Å². The standard InChI is InChI=1S/C18H24N2OS2/c1-13-16(23-17(19-13)15-11-8-12-22-15)18(21)20(2)14-9-6-4-3-5-7-10-14/h8,11-12,14H,3-7,9-10H2,1-2H3. The molecule has 0 aromatic carbocycles. The first-order valence-corrected chi connectivity index (χ1v) is 10.1. The Hall–Kier alpha value is -1.20. The molecule has 1 aliphatic rings. The van der Waals surface area contributed by atoms with Gasteiger partial charge in [0.05, 0.1) is 10.6 Å². The third-order valence-electron chi connectivity index (χ3n) is 4.67. The van der Waals surface area contributed by atoms with Gasteiger partial charge in [-0.3, -0.25) is 4.79 Å². The van der Waals surface area contributed by atoms with Crippen molar-refractivity contribution in [2.24, 2.45) is 0 Å². The van der Waals surface area contributed by atoms with Crippen LogP contribution in [0.4, 0.5) is 0 Å². The van der Waals surface area contributed by atoms with E-state index in [0.717, 1.165) is 33.3 Å². The molecule has 0 spiro atoms. The third-order valence-corrected chi connectivity index (χ3v) is 6.85. The van der Waals surface area contributed by atoms with Crippen LogP contribution >= 0.6 is 22.7 Å². The summed E-state index contributed by atoms with van der Waals surface area (Å²) in [6.07, 6.45) is 8.72. The van der Waals surface area contributed by atoms with E-state index in [1.54, 1.807) is 11.3 Å². The fourth-order valence-corrected chi connectivity index (χ4v) is 5.09. The van der Waals surface area contributed by atoms with Gasteiger partial charge in [-0.25, -0.2) is 4.98 Å². The number of aromatic nitrogens is 1. The first kappa shape index (κ1) is 16.7. The van der Waals surface area contributed by atoms with Gasteiger partial charge in [0.2, 0.25) is 0 Å². The molecular formula is C18H24N2OS2. The second kappa shape index (κ2) is 7.58. The summed E-state index contributed by atoms with van der Waals surface area (Å²) < 4.78 is 0. The Kier molecular flexibility index (Phi) is 5.49. The predicted octanol–water partition coefficient (Wildman–Crippen LogP) is 5.36. The van der Waals surface area contributed by atoms with Gasteiger partial charge < -0.3 is 4.90 Å². The van der Waals surface area contributed by atoms with Crippen molar-refractivity contribution in [3.8, 4) is 9.88 Å². The largest absolute Gasteiger partial charge is 0.338 e. The smallest absolute Gasteiger partial charge is 0.265 e. The van der Waals surface area contributed by atoms with Crippen molar-refractivity contribution >= 4 is 28.6 Å². The minimum atomic E-state index is 0.147. The Morgan fingerprint density at radius 2 is 1.91 bits per heavy atom. The van der Waals surface area contributed by atoms with Crippen LogP contribution in [0.2, 0.25) is 0 Å². The topological polar surface area (TPSA) is 33.2 Å². The second-order valence-corrected chi connectivity index (χ2v) is 8.27. The lowest BCUT2D eigenvalue weighted by atomic mass is 9.96. The molecule has 0 radical (unpaired) electrons. The lowest BCUT2D eigenvalue weighted by Gasteiger charge is -2.29. The summed E-state index contributed by atoms with van der Waals surface area (Å²) in [6.45, 7) is 1.95. The van der Waals surface area contributed by atoms with Crippen LogP contribution in [0, 0.1) is 6.92 Å². The van der Waals surface area contributed by atoms with Crippen LogP contribution in [0.1, 0.15) is 60.3 Å². The summed E-state index contributed by atoms with van der Waals surface area (Å²) in [7, 11) is 1.97. The first-order chi connectivity index (χ1) is 11.2. The molecule has 0 saturated heterocycles. The third kappa shape index (κ3) is 3.83. The molecule has 0 atom stereocenters. The van der Waals surface area contributed by atoms with Crippen molar-refractivity contribution in [1.82, 2.24) is 9.88 Å². The summed E-state index contributed by atoms with van der Waals surface area (Å²) in [5.74, 6) is 0.147. The van der Waals surface area contributed by atoms with Crippen LogP contribution in [0.25, 0.3) is 9.88 Å². The number of rotatable bonds is 3. The maximum absolute atomic E-state index is 12.9. The summed E-state index contributed by atoms with van der Waals surface area (Å²) in [5, 5.41) is 3.01. The minimum absolute atomic E-state index is 0.147. The predicted molar refractivity (Wildman–Crippen MR) is 98.4 cm³/mol. The normalized spacial score (nSPS) is 16.8. The van der Waals surface area contributed by atoms with E-state index < -0.39 is 0 Å². The van der Waals surface area contributed by atoms with Gasteiger partial charge in [0.1, 0.15) is 9.88 Å². The molecule has 3 nitrogen and oxygen atoms in total. The van der Waals surface area contributed by atoms with E-state index in [1.165, 1.54) is 43.4 Å². The number of hydrogen-bond donors (Lipinski definition) is 0. The Morgan fingerprint density at radius 1 is 1.22 bits per heavy atom. The SMILES string of the molecule is Cc1nc(-c2cccs2)sc1C(=O)N(C)C1CCCCCCC1. The maximum atomic E-state index is 12.9. The Balaban J connectivity index is 1.76. The summed E-state index contributed by atoms with van der Waals surface area (Å²) in [4.78, 5) is 21.5. The minimum Gasteiger partial charge on any atom is -0.338 e. The zero-order valence-corrected chi connectivity index (χ0v) is 15.5. The summed E-state index contributed by atoms with van der Waals surface area (Å²) >= 11 is 3.21. The van der Waals surface area contributed by atoms with E-state index in [-0.39, 0.29) is 5.91 Å². The highest BCUT2D eigenvalue weighted by Crippen LogP contribution is 2.32. The van der Waals surface area contributed by atoms with Crippen molar-refractivity contribution < 1.29 is 4.79 Å². The number of hydrogen-bond acceptors (Lipinski definition) is 4. The van der Waals surface area contributed by atoms with Crippen LogP contribution in [0.3, 0.4) is 0 Å². The number of carbonyl (C=O) groups is 1. The zero-order chi connectivity index (χ0) is 16.2. The lowest BCUT2D eigenvalue weighted by Crippen LogP contribution is -2.37. The zero-order valence-electron chi connectivity index (χ0n) is 13.9. The highest BCUT2D eigenvalue weighted by atomic mass is 32.1. The average molecular weight is 349 g/mol. The molecule has 1 fully saturated rings. The van der Waals surface area contributed by atoms with Crippen LogP contribution in [0.15, 0.2) is 17.5 Å². The molecule has 0 N–H and O–H groups in total. The molecule has 1 saturated carbocycles. The summed E-state index contributed by atoms with van der Waals surface area (Å²) in [5.41, 5.74) is 0.862. The monoisotopic (exact) mass is 348 g/mol. The van der Waals surface area contributed by atoms with E-state index in [0.29, 0.717) is 6.04 Å². The van der Waals surface area contributed by atoms with Crippen molar-refractivity contribution in [1.29, 1.82) is 0 Å². The summed E-state index contributed by atoms with van der Waals surface area (Å²) in [6, 6.07) is 4.48. The van der Waals surface area contributed by atoms with Crippen LogP contribution in [-0.4, -0.2) is 28.9 Å². The quantitative estimate of drug-likeness (QED) is 0.747. The van der Waals surface area contributed by atoms with Gasteiger partial charge in [-0.1, -0.05) is 38.2 Å². The van der Waals surface area contributed by atoms with Gasteiger partial charge in [-0.15, -0.1) is 22.7 Å². The maximum Gasteiger partial charge on any atom is 0.265 e.